The molecule has 0 saturated heterocycles. The number of rotatable bonds is 2. The van der Waals surface area contributed by atoms with Crippen LogP contribution in [-0.2, 0) is 0 Å². The molecule has 0 fully saturated rings. The van der Waals surface area contributed by atoms with Gasteiger partial charge in [-0.3, -0.25) is 4.98 Å². The Balaban J connectivity index is 2.24. The van der Waals surface area contributed by atoms with Crippen molar-refractivity contribution in [3.63, 3.8) is 0 Å². The van der Waals surface area contributed by atoms with E-state index < -0.39 is 0 Å². The highest BCUT2D eigenvalue weighted by molar-refractivity contribution is 5.79. The smallest absolute Gasteiger partial charge is 0.142 e. The molecular formula is C18H17N3O. The highest BCUT2D eigenvalue weighted by atomic mass is 16.3. The first-order chi connectivity index (χ1) is 10.6. The lowest BCUT2D eigenvalue weighted by atomic mass is 9.99. The number of nitrogens with two attached hydrogens (primary N) is 1. The molecule has 0 aliphatic rings. The molecule has 0 saturated carbocycles. The van der Waals surface area contributed by atoms with Crippen molar-refractivity contribution in [3.05, 3.63) is 59.8 Å². The van der Waals surface area contributed by atoms with Gasteiger partial charge in [0.05, 0.1) is 17.6 Å². The minimum atomic E-state index is 0.313. The number of anilines is 1. The predicted octanol–water partition coefficient (Wildman–Crippen LogP) is 3.72. The van der Waals surface area contributed by atoms with E-state index in [-0.39, 0.29) is 0 Å². The number of aryl methyl sites for hydroxylation is 2. The van der Waals surface area contributed by atoms with Gasteiger partial charge in [-0.15, -0.1) is 0 Å². The second kappa shape index (κ2) is 5.48. The minimum absolute atomic E-state index is 0.313. The van der Waals surface area contributed by atoms with Gasteiger partial charge in [-0.05, 0) is 37.1 Å². The van der Waals surface area contributed by atoms with E-state index in [1.54, 1.807) is 6.20 Å². The molecule has 0 aliphatic carbocycles. The first-order valence-electron chi connectivity index (χ1n) is 7.05. The van der Waals surface area contributed by atoms with Crippen LogP contribution < -0.4 is 5.73 Å². The summed E-state index contributed by atoms with van der Waals surface area (Å²) in [5.74, 6) is 0.697. The molecule has 0 amide bonds. The van der Waals surface area contributed by atoms with Gasteiger partial charge in [0.2, 0.25) is 0 Å². The van der Waals surface area contributed by atoms with Crippen LogP contribution in [0.15, 0.2) is 48.7 Å². The number of hydrogen-bond donors (Lipinski definition) is 2. The summed E-state index contributed by atoms with van der Waals surface area (Å²) in [7, 11) is 0. The zero-order chi connectivity index (χ0) is 15.7. The highest BCUT2D eigenvalue weighted by Crippen LogP contribution is 2.33. The molecule has 22 heavy (non-hydrogen) atoms. The topological polar surface area (TPSA) is 72.0 Å². The number of hydrogen-bond acceptors (Lipinski definition) is 4. The summed E-state index contributed by atoms with van der Waals surface area (Å²) in [6, 6.07) is 13.6. The maximum Gasteiger partial charge on any atom is 0.142 e. The van der Waals surface area contributed by atoms with E-state index in [1.807, 2.05) is 56.3 Å². The zero-order valence-electron chi connectivity index (χ0n) is 12.5. The average molecular weight is 291 g/mol. The maximum atomic E-state index is 9.95. The lowest BCUT2D eigenvalue weighted by molar-refractivity contribution is 0.467. The van der Waals surface area contributed by atoms with Crippen LogP contribution >= 0.6 is 0 Å². The summed E-state index contributed by atoms with van der Waals surface area (Å²) in [5.41, 5.74) is 10.8. The van der Waals surface area contributed by atoms with Gasteiger partial charge in [-0.1, -0.05) is 30.3 Å². The first kappa shape index (κ1) is 14.1. The molecule has 0 unspecified atom stereocenters. The number of phenols is 1. The number of benzene rings is 2. The largest absolute Gasteiger partial charge is 0.507 e. The molecule has 0 aliphatic heterocycles. The summed E-state index contributed by atoms with van der Waals surface area (Å²) in [6.07, 6.45) is 1.55. The lowest BCUT2D eigenvalue weighted by Gasteiger charge is -2.12. The fourth-order valence-electron chi connectivity index (χ4n) is 2.50. The number of aromatic hydroxyl groups is 1. The maximum absolute atomic E-state index is 9.95. The third-order valence-corrected chi connectivity index (χ3v) is 3.60. The Kier molecular flexibility index (Phi) is 3.51. The van der Waals surface area contributed by atoms with Crippen LogP contribution in [0.25, 0.3) is 22.5 Å². The van der Waals surface area contributed by atoms with Crippen LogP contribution in [0.5, 0.6) is 5.75 Å². The van der Waals surface area contributed by atoms with E-state index in [0.29, 0.717) is 11.6 Å². The van der Waals surface area contributed by atoms with Crippen LogP contribution in [0.1, 0.15) is 11.1 Å². The number of aromatic nitrogens is 2. The molecule has 0 radical (unpaired) electrons. The van der Waals surface area contributed by atoms with Crippen LogP contribution in [0.3, 0.4) is 0 Å². The summed E-state index contributed by atoms with van der Waals surface area (Å²) in [5, 5.41) is 9.95. The second-order valence-electron chi connectivity index (χ2n) is 5.32. The van der Waals surface area contributed by atoms with Crippen LogP contribution in [0.2, 0.25) is 0 Å². The molecule has 110 valence electrons. The zero-order valence-corrected chi connectivity index (χ0v) is 12.5. The fourth-order valence-corrected chi connectivity index (χ4v) is 2.50. The van der Waals surface area contributed by atoms with Crippen LogP contribution in [-0.4, -0.2) is 15.1 Å². The molecule has 0 bridgehead atoms. The predicted molar refractivity (Wildman–Crippen MR) is 88.5 cm³/mol. The third-order valence-electron chi connectivity index (χ3n) is 3.60. The van der Waals surface area contributed by atoms with Crippen molar-refractivity contribution in [3.8, 4) is 28.3 Å². The Bertz CT molecular complexity index is 806. The number of nitrogen functional groups attached to an aromatic ring is 1. The second-order valence-corrected chi connectivity index (χ2v) is 5.32. The van der Waals surface area contributed by atoms with Crippen LogP contribution in [0.4, 0.5) is 5.82 Å². The third kappa shape index (κ3) is 2.51. The van der Waals surface area contributed by atoms with E-state index in [2.05, 4.69) is 9.97 Å². The highest BCUT2D eigenvalue weighted by Gasteiger charge is 2.13. The van der Waals surface area contributed by atoms with Gasteiger partial charge < -0.3 is 10.8 Å². The molecule has 0 atom stereocenters. The average Bonchev–Trinajstić information content (AvgIpc) is 2.53. The van der Waals surface area contributed by atoms with E-state index in [9.17, 15) is 5.11 Å². The molecule has 3 N–H and O–H groups in total. The Hall–Kier alpha value is -2.88. The lowest BCUT2D eigenvalue weighted by Crippen LogP contribution is -1.98. The normalized spacial score (nSPS) is 10.6. The molecular weight excluding hydrogens is 274 g/mol. The Labute approximate surface area is 129 Å². The van der Waals surface area contributed by atoms with Gasteiger partial charge in [-0.2, -0.15) is 0 Å². The van der Waals surface area contributed by atoms with E-state index in [1.165, 1.54) is 0 Å². The first-order valence-corrected chi connectivity index (χ1v) is 7.05. The molecule has 4 heteroatoms. The van der Waals surface area contributed by atoms with E-state index in [0.717, 1.165) is 33.6 Å². The summed E-state index contributed by atoms with van der Waals surface area (Å²) >= 11 is 0. The summed E-state index contributed by atoms with van der Waals surface area (Å²) in [4.78, 5) is 8.92. The van der Waals surface area contributed by atoms with Crippen molar-refractivity contribution in [2.75, 3.05) is 5.73 Å². The molecule has 1 aromatic heterocycles. The molecule has 3 aromatic rings. The van der Waals surface area contributed by atoms with Crippen molar-refractivity contribution in [1.82, 2.24) is 9.97 Å². The quantitative estimate of drug-likeness (QED) is 0.755. The summed E-state index contributed by atoms with van der Waals surface area (Å²) in [6.45, 7) is 3.75. The monoisotopic (exact) mass is 291 g/mol. The summed E-state index contributed by atoms with van der Waals surface area (Å²) < 4.78 is 0. The van der Waals surface area contributed by atoms with Gasteiger partial charge in [0.15, 0.2) is 0 Å². The van der Waals surface area contributed by atoms with Crippen LogP contribution in [0, 0.1) is 13.8 Å². The Morgan fingerprint density at radius 1 is 0.909 bits per heavy atom. The van der Waals surface area contributed by atoms with E-state index in [4.69, 9.17) is 5.73 Å². The molecule has 3 rings (SSSR count). The SMILES string of the molecule is Cc1cc(-c2ncc(N)nc2-c2ccccc2)cc(C)c1O. The van der Waals surface area contributed by atoms with Crippen molar-refractivity contribution in [2.45, 2.75) is 13.8 Å². The standard InChI is InChI=1S/C18H17N3O/c1-11-8-14(9-12(2)18(11)22)16-17(21-15(19)10-20-16)13-6-4-3-5-7-13/h3-10,22H,1-2H3,(H2,19,21). The van der Waals surface area contributed by atoms with Gasteiger partial charge in [-0.25, -0.2) is 4.98 Å². The van der Waals surface area contributed by atoms with Gasteiger partial charge >= 0.3 is 0 Å². The van der Waals surface area contributed by atoms with Crippen molar-refractivity contribution in [2.24, 2.45) is 0 Å². The molecule has 1 heterocycles. The van der Waals surface area contributed by atoms with Gasteiger partial charge in [0, 0.05) is 11.1 Å². The molecule has 2 aromatic carbocycles. The fraction of sp³-hybridized carbons (Fsp3) is 0.111. The van der Waals surface area contributed by atoms with Gasteiger partial charge in [0.25, 0.3) is 0 Å². The van der Waals surface area contributed by atoms with Crippen molar-refractivity contribution >= 4 is 5.82 Å². The van der Waals surface area contributed by atoms with E-state index >= 15 is 0 Å². The Morgan fingerprint density at radius 3 is 2.18 bits per heavy atom. The van der Waals surface area contributed by atoms with Crippen molar-refractivity contribution < 1.29 is 5.11 Å². The minimum Gasteiger partial charge on any atom is -0.507 e. The number of nitrogens with zero attached hydrogens (tertiary/aromatic N) is 2. The number of phenolic OH excluding ortho intramolecular Hbond substituents is 1. The molecule has 0 spiro atoms. The molecule has 4 nitrogen and oxygen atoms in total. The Morgan fingerprint density at radius 2 is 1.55 bits per heavy atom. The van der Waals surface area contributed by atoms with Crippen molar-refractivity contribution in [1.29, 1.82) is 0 Å². The van der Waals surface area contributed by atoms with Gasteiger partial charge in [0.1, 0.15) is 11.6 Å².